The Labute approximate surface area is 177 Å². The fraction of sp³-hybridized carbons (Fsp3) is 0.150. The number of hydrogen-bond acceptors (Lipinski definition) is 6. The normalized spacial score (nSPS) is 15.2. The van der Waals surface area contributed by atoms with Crippen LogP contribution in [0.2, 0.25) is 5.02 Å². The van der Waals surface area contributed by atoms with Gasteiger partial charge in [0.1, 0.15) is 12.2 Å². The van der Waals surface area contributed by atoms with Crippen LogP contribution >= 0.6 is 23.8 Å². The predicted molar refractivity (Wildman–Crippen MR) is 113 cm³/mol. The highest BCUT2D eigenvalue weighted by Crippen LogP contribution is 2.32. The van der Waals surface area contributed by atoms with Gasteiger partial charge in [0, 0.05) is 5.02 Å². The van der Waals surface area contributed by atoms with Crippen molar-refractivity contribution < 1.29 is 24.2 Å². The first-order chi connectivity index (χ1) is 13.8. The molecule has 1 aliphatic rings. The zero-order valence-electron chi connectivity index (χ0n) is 15.6. The Hall–Kier alpha value is -3.10. The van der Waals surface area contributed by atoms with Gasteiger partial charge in [0.15, 0.2) is 16.6 Å². The number of phenols is 1. The van der Waals surface area contributed by atoms with Gasteiger partial charge in [-0.3, -0.25) is 14.5 Å². The highest BCUT2D eigenvalue weighted by atomic mass is 35.5. The Kier molecular flexibility index (Phi) is 6.05. The number of amides is 1. The molecule has 2 aromatic carbocycles. The lowest BCUT2D eigenvalue weighted by molar-refractivity contribution is -0.140. The number of carbonyl (C=O) groups is 2. The van der Waals surface area contributed by atoms with Gasteiger partial charge in [0.2, 0.25) is 0 Å². The first kappa shape index (κ1) is 20.6. The van der Waals surface area contributed by atoms with Crippen LogP contribution in [0.25, 0.3) is 6.08 Å². The number of ether oxygens (including phenoxy) is 2. The zero-order valence-corrected chi connectivity index (χ0v) is 17.2. The molecule has 1 saturated heterocycles. The molecule has 2 aromatic rings. The summed E-state index contributed by atoms with van der Waals surface area (Å²) in [6, 6.07) is 11.3. The van der Waals surface area contributed by atoms with Crippen molar-refractivity contribution in [2.75, 3.05) is 25.7 Å². The lowest BCUT2D eigenvalue weighted by Crippen LogP contribution is -2.35. The van der Waals surface area contributed by atoms with E-state index in [1.807, 2.05) is 0 Å². The van der Waals surface area contributed by atoms with Gasteiger partial charge in [-0.2, -0.15) is 0 Å². The molecule has 0 bridgehead atoms. The summed E-state index contributed by atoms with van der Waals surface area (Å²) >= 11 is 11.4. The Morgan fingerprint density at radius 2 is 1.90 bits per heavy atom. The maximum absolute atomic E-state index is 13.2. The minimum atomic E-state index is -0.554. The van der Waals surface area contributed by atoms with E-state index in [0.717, 1.165) is 0 Å². The maximum atomic E-state index is 13.2. The van der Waals surface area contributed by atoms with Crippen molar-refractivity contribution >= 4 is 52.6 Å². The minimum Gasteiger partial charge on any atom is -0.504 e. The van der Waals surface area contributed by atoms with E-state index in [1.165, 1.54) is 36.2 Å². The molecule has 0 radical (unpaired) electrons. The van der Waals surface area contributed by atoms with Gasteiger partial charge >= 0.3 is 5.97 Å². The van der Waals surface area contributed by atoms with E-state index in [1.54, 1.807) is 36.4 Å². The van der Waals surface area contributed by atoms with E-state index in [0.29, 0.717) is 22.0 Å². The van der Waals surface area contributed by atoms with Crippen molar-refractivity contribution in [3.63, 3.8) is 0 Å². The topological polar surface area (TPSA) is 79.3 Å². The predicted octanol–water partition coefficient (Wildman–Crippen LogP) is 3.20. The average molecular weight is 433 g/mol. The Bertz CT molecular complexity index is 1010. The van der Waals surface area contributed by atoms with E-state index in [9.17, 15) is 14.7 Å². The molecule has 0 spiro atoms. The highest BCUT2D eigenvalue weighted by Gasteiger charge is 2.40. The Balaban J connectivity index is 2.05. The molecule has 0 aliphatic carbocycles. The average Bonchev–Trinajstić information content (AvgIpc) is 2.93. The summed E-state index contributed by atoms with van der Waals surface area (Å²) in [5.74, 6) is -0.753. The molecule has 0 aromatic heterocycles. The molecule has 1 heterocycles. The van der Waals surface area contributed by atoms with Crippen LogP contribution in [-0.4, -0.2) is 47.8 Å². The van der Waals surface area contributed by atoms with E-state index in [4.69, 9.17) is 33.3 Å². The van der Waals surface area contributed by atoms with Crippen LogP contribution in [0.1, 0.15) is 5.56 Å². The van der Waals surface area contributed by atoms with Crippen LogP contribution in [0.4, 0.5) is 5.69 Å². The summed E-state index contributed by atoms with van der Waals surface area (Å²) < 4.78 is 9.76. The van der Waals surface area contributed by atoms with E-state index in [-0.39, 0.29) is 23.1 Å². The second-order valence-corrected chi connectivity index (χ2v) is 6.82. The van der Waals surface area contributed by atoms with Gasteiger partial charge < -0.3 is 19.5 Å². The molecule has 1 amide bonds. The fourth-order valence-corrected chi connectivity index (χ4v) is 3.28. The molecule has 1 N–H and O–H groups in total. The summed E-state index contributed by atoms with van der Waals surface area (Å²) in [7, 11) is 2.69. The quantitative estimate of drug-likeness (QED) is 0.441. The van der Waals surface area contributed by atoms with Gasteiger partial charge in [0.05, 0.1) is 19.9 Å². The number of rotatable bonds is 5. The second kappa shape index (κ2) is 8.50. The van der Waals surface area contributed by atoms with Gasteiger partial charge in [-0.1, -0.05) is 17.7 Å². The smallest absolute Gasteiger partial charge is 0.325 e. The van der Waals surface area contributed by atoms with E-state index >= 15 is 0 Å². The standard InChI is InChI=1S/C20H17ClN2O5S/c1-27-17-8-3-12(10-16(17)24)9-15-19(26)23(14-6-4-13(21)5-7-14)20(29)22(15)11-18(25)28-2/h3-10,24H,11H2,1-2H3/b15-9-. The third kappa shape index (κ3) is 4.18. The molecule has 7 nitrogen and oxygen atoms in total. The monoisotopic (exact) mass is 432 g/mol. The van der Waals surface area contributed by atoms with Crippen molar-refractivity contribution in [2.45, 2.75) is 0 Å². The summed E-state index contributed by atoms with van der Waals surface area (Å²) in [4.78, 5) is 27.7. The molecule has 0 saturated carbocycles. The molecular formula is C20H17ClN2O5S. The van der Waals surface area contributed by atoms with E-state index < -0.39 is 11.9 Å². The summed E-state index contributed by atoms with van der Waals surface area (Å²) in [5, 5.41) is 10.7. The van der Waals surface area contributed by atoms with Crippen LogP contribution in [0.5, 0.6) is 11.5 Å². The number of nitrogens with zero attached hydrogens (tertiary/aromatic N) is 2. The van der Waals surface area contributed by atoms with Crippen molar-refractivity contribution in [3.05, 3.63) is 58.7 Å². The van der Waals surface area contributed by atoms with Crippen LogP contribution in [0, 0.1) is 0 Å². The minimum absolute atomic E-state index is 0.0797. The molecule has 1 fully saturated rings. The van der Waals surface area contributed by atoms with Crippen LogP contribution < -0.4 is 9.64 Å². The SMILES string of the molecule is COC(=O)CN1C(=S)N(c2ccc(Cl)cc2)C(=O)/C1=C/c1ccc(OC)c(O)c1. The number of phenolic OH excluding ortho intramolecular Hbond substituents is 1. The molecule has 0 unspecified atom stereocenters. The van der Waals surface area contributed by atoms with Crippen LogP contribution in [-0.2, 0) is 14.3 Å². The number of esters is 1. The molecule has 1 aliphatic heterocycles. The Morgan fingerprint density at radius 3 is 2.48 bits per heavy atom. The highest BCUT2D eigenvalue weighted by molar-refractivity contribution is 7.80. The number of thiocarbonyl (C=S) groups is 1. The van der Waals surface area contributed by atoms with Gasteiger partial charge in [0.25, 0.3) is 5.91 Å². The van der Waals surface area contributed by atoms with Gasteiger partial charge in [-0.25, -0.2) is 0 Å². The summed E-state index contributed by atoms with van der Waals surface area (Å²) in [6.07, 6.45) is 1.53. The number of carbonyl (C=O) groups excluding carboxylic acids is 2. The van der Waals surface area contributed by atoms with E-state index in [2.05, 4.69) is 0 Å². The number of halogens is 1. The third-order valence-electron chi connectivity index (χ3n) is 4.24. The number of aromatic hydroxyl groups is 1. The zero-order chi connectivity index (χ0) is 21.1. The first-order valence-electron chi connectivity index (χ1n) is 8.42. The lowest BCUT2D eigenvalue weighted by Gasteiger charge is -2.19. The third-order valence-corrected chi connectivity index (χ3v) is 4.90. The van der Waals surface area contributed by atoms with Crippen molar-refractivity contribution in [1.29, 1.82) is 0 Å². The Morgan fingerprint density at radius 1 is 1.21 bits per heavy atom. The second-order valence-electron chi connectivity index (χ2n) is 6.02. The molecule has 150 valence electrons. The van der Waals surface area contributed by atoms with Crippen LogP contribution in [0.3, 0.4) is 0 Å². The maximum Gasteiger partial charge on any atom is 0.325 e. The molecule has 0 atom stereocenters. The first-order valence-corrected chi connectivity index (χ1v) is 9.21. The molecule has 3 rings (SSSR count). The van der Waals surface area contributed by atoms with Gasteiger partial charge in [-0.05, 0) is 60.3 Å². The van der Waals surface area contributed by atoms with Crippen LogP contribution in [0.15, 0.2) is 48.2 Å². The molecule has 29 heavy (non-hydrogen) atoms. The lowest BCUT2D eigenvalue weighted by atomic mass is 10.1. The number of hydrogen-bond donors (Lipinski definition) is 1. The number of benzene rings is 2. The number of anilines is 1. The van der Waals surface area contributed by atoms with Crippen molar-refractivity contribution in [2.24, 2.45) is 0 Å². The molecule has 9 heteroatoms. The largest absolute Gasteiger partial charge is 0.504 e. The summed E-state index contributed by atoms with van der Waals surface area (Å²) in [5.41, 5.74) is 1.21. The number of methoxy groups -OCH3 is 2. The van der Waals surface area contributed by atoms with Crippen molar-refractivity contribution in [1.82, 2.24) is 4.90 Å². The van der Waals surface area contributed by atoms with Crippen molar-refractivity contribution in [3.8, 4) is 11.5 Å². The van der Waals surface area contributed by atoms with Gasteiger partial charge in [-0.15, -0.1) is 0 Å². The fourth-order valence-electron chi connectivity index (χ4n) is 2.80. The summed E-state index contributed by atoms with van der Waals surface area (Å²) in [6.45, 7) is -0.237. The molecular weight excluding hydrogens is 416 g/mol.